The monoisotopic (exact) mass is 453 g/mol. The third-order valence-corrected chi connectivity index (χ3v) is 8.20. The summed E-state index contributed by atoms with van der Waals surface area (Å²) in [6.07, 6.45) is 8.05. The van der Waals surface area contributed by atoms with Crippen molar-refractivity contribution in [3.05, 3.63) is 39.4 Å². The third kappa shape index (κ3) is 3.50. The van der Waals surface area contributed by atoms with Crippen molar-refractivity contribution in [2.75, 3.05) is 7.11 Å². The van der Waals surface area contributed by atoms with Gasteiger partial charge in [0, 0.05) is 12.1 Å². The van der Waals surface area contributed by atoms with Crippen LogP contribution in [0.1, 0.15) is 51.0 Å². The first-order valence-corrected chi connectivity index (χ1v) is 11.4. The second-order valence-electron chi connectivity index (χ2n) is 10.1. The van der Waals surface area contributed by atoms with Gasteiger partial charge in [-0.3, -0.25) is 29.9 Å². The molecule has 5 aliphatic rings. The molecule has 4 bridgehead atoms. The van der Waals surface area contributed by atoms with Crippen molar-refractivity contribution in [3.8, 4) is 5.75 Å². The summed E-state index contributed by atoms with van der Waals surface area (Å²) in [7, 11) is 1.33. The van der Waals surface area contributed by atoms with Crippen LogP contribution in [-0.4, -0.2) is 40.8 Å². The van der Waals surface area contributed by atoms with Gasteiger partial charge in [0.25, 0.3) is 11.8 Å². The summed E-state index contributed by atoms with van der Waals surface area (Å²) in [6, 6.07) is 3.17. The number of carbonyl (C=O) groups is 3. The lowest BCUT2D eigenvalue weighted by molar-refractivity contribution is -0.385. The van der Waals surface area contributed by atoms with Gasteiger partial charge < -0.3 is 4.74 Å². The Morgan fingerprint density at radius 2 is 1.76 bits per heavy atom. The molecule has 1 aliphatic heterocycles. The number of benzene rings is 1. The standard InChI is InChI=1S/C24H27N3O6/c1-13(24-10-15-5-16(11-24)7-17(6-15)12-24)26-22(29)18(21(28)25-23(26)30)8-14-3-4-20(33-2)19(9-14)27(31)32/h3-4,8-9,13,15-17H,5-7,10-12H2,1-2H3,(H,25,28,30). The van der Waals surface area contributed by atoms with Crippen molar-refractivity contribution >= 4 is 29.6 Å². The minimum Gasteiger partial charge on any atom is -0.490 e. The topological polar surface area (TPSA) is 119 Å². The predicted octanol–water partition coefficient (Wildman–Crippen LogP) is 3.67. The van der Waals surface area contributed by atoms with Gasteiger partial charge in [0.15, 0.2) is 5.75 Å². The van der Waals surface area contributed by atoms with Crippen molar-refractivity contribution in [2.45, 2.75) is 51.5 Å². The van der Waals surface area contributed by atoms with Crippen LogP contribution in [0.4, 0.5) is 10.5 Å². The number of barbiturate groups is 1. The Bertz CT molecular complexity index is 1060. The van der Waals surface area contributed by atoms with E-state index in [1.165, 1.54) is 55.5 Å². The molecule has 0 aromatic heterocycles. The van der Waals surface area contributed by atoms with Crippen LogP contribution in [0, 0.1) is 33.3 Å². The van der Waals surface area contributed by atoms with Crippen molar-refractivity contribution in [2.24, 2.45) is 23.2 Å². The fourth-order valence-electron chi connectivity index (χ4n) is 7.09. The van der Waals surface area contributed by atoms with Crippen molar-refractivity contribution in [1.29, 1.82) is 0 Å². The maximum absolute atomic E-state index is 13.4. The van der Waals surface area contributed by atoms with Gasteiger partial charge in [-0.25, -0.2) is 4.79 Å². The van der Waals surface area contributed by atoms with Gasteiger partial charge >= 0.3 is 11.7 Å². The van der Waals surface area contributed by atoms with E-state index in [0.29, 0.717) is 23.3 Å². The number of nitro groups is 1. The van der Waals surface area contributed by atoms with Crippen LogP contribution in [0.3, 0.4) is 0 Å². The number of hydrogen-bond donors (Lipinski definition) is 1. The molecule has 33 heavy (non-hydrogen) atoms. The van der Waals surface area contributed by atoms with Crippen molar-refractivity contribution < 1.29 is 24.0 Å². The maximum Gasteiger partial charge on any atom is 0.331 e. The molecule has 4 amide bonds. The molecule has 1 heterocycles. The summed E-state index contributed by atoms with van der Waals surface area (Å²) in [4.78, 5) is 50.8. The lowest BCUT2D eigenvalue weighted by Gasteiger charge is -2.60. The third-order valence-electron chi connectivity index (χ3n) is 8.20. The zero-order chi connectivity index (χ0) is 23.5. The molecule has 1 aromatic carbocycles. The second kappa shape index (κ2) is 7.67. The molecule has 1 unspecified atom stereocenters. The van der Waals surface area contributed by atoms with Crippen LogP contribution in [0.2, 0.25) is 0 Å². The fourth-order valence-corrected chi connectivity index (χ4v) is 7.09. The van der Waals surface area contributed by atoms with Gasteiger partial charge in [0.1, 0.15) is 5.57 Å². The van der Waals surface area contributed by atoms with Crippen LogP contribution < -0.4 is 10.1 Å². The number of amides is 4. The van der Waals surface area contributed by atoms with Crippen molar-refractivity contribution in [3.63, 3.8) is 0 Å². The highest BCUT2D eigenvalue weighted by Crippen LogP contribution is 2.62. The molecular formula is C24H27N3O6. The Hall–Kier alpha value is -3.23. The molecule has 4 aliphatic carbocycles. The summed E-state index contributed by atoms with van der Waals surface area (Å²) < 4.78 is 5.01. The molecule has 1 atom stereocenters. The van der Waals surface area contributed by atoms with E-state index in [9.17, 15) is 24.5 Å². The Kier molecular flexibility index (Phi) is 5.02. The molecule has 9 heteroatoms. The molecule has 9 nitrogen and oxygen atoms in total. The lowest BCUT2D eigenvalue weighted by atomic mass is 9.47. The molecule has 174 valence electrons. The minimum atomic E-state index is -0.794. The average molecular weight is 453 g/mol. The molecule has 0 spiro atoms. The second-order valence-corrected chi connectivity index (χ2v) is 10.1. The predicted molar refractivity (Wildman–Crippen MR) is 118 cm³/mol. The SMILES string of the molecule is COc1ccc(C=C2C(=O)NC(=O)N(C(C)C34CC5CC(CC(C5)C3)C4)C2=O)cc1[N+](=O)[O-]. The van der Waals surface area contributed by atoms with Crippen LogP contribution in [-0.2, 0) is 9.59 Å². The van der Waals surface area contributed by atoms with E-state index < -0.39 is 22.8 Å². The van der Waals surface area contributed by atoms with E-state index in [-0.39, 0.29) is 28.5 Å². The smallest absolute Gasteiger partial charge is 0.331 e. The summed E-state index contributed by atoms with van der Waals surface area (Å²) in [6.45, 7) is 1.93. The van der Waals surface area contributed by atoms with E-state index >= 15 is 0 Å². The number of nitrogens with one attached hydrogen (secondary N) is 1. The first-order chi connectivity index (χ1) is 15.7. The van der Waals surface area contributed by atoms with E-state index in [4.69, 9.17) is 4.74 Å². The summed E-state index contributed by atoms with van der Waals surface area (Å²) >= 11 is 0. The number of methoxy groups -OCH3 is 1. The van der Waals surface area contributed by atoms with E-state index in [1.54, 1.807) is 0 Å². The quantitative estimate of drug-likeness (QED) is 0.314. The van der Waals surface area contributed by atoms with Gasteiger partial charge in [0.2, 0.25) is 0 Å². The average Bonchev–Trinajstić information content (AvgIpc) is 2.75. The number of rotatable bonds is 5. The molecule has 1 saturated heterocycles. The minimum absolute atomic E-state index is 0.0776. The van der Waals surface area contributed by atoms with Gasteiger partial charge in [0.05, 0.1) is 12.0 Å². The zero-order valence-corrected chi connectivity index (χ0v) is 18.7. The van der Waals surface area contributed by atoms with E-state index in [2.05, 4.69) is 5.32 Å². The number of carbonyl (C=O) groups excluding carboxylic acids is 3. The van der Waals surface area contributed by atoms with E-state index in [1.807, 2.05) is 6.92 Å². The largest absolute Gasteiger partial charge is 0.490 e. The van der Waals surface area contributed by atoms with Gasteiger partial charge in [-0.15, -0.1) is 0 Å². The number of nitro benzene ring substituents is 1. The fraction of sp³-hybridized carbons (Fsp3) is 0.542. The Balaban J connectivity index is 1.47. The van der Waals surface area contributed by atoms with Crippen LogP contribution >= 0.6 is 0 Å². The molecule has 1 N–H and O–H groups in total. The molecule has 5 fully saturated rings. The number of hydrogen-bond acceptors (Lipinski definition) is 6. The Morgan fingerprint density at radius 3 is 2.30 bits per heavy atom. The van der Waals surface area contributed by atoms with Gasteiger partial charge in [-0.2, -0.15) is 0 Å². The van der Waals surface area contributed by atoms with Crippen LogP contribution in [0.5, 0.6) is 5.75 Å². The first-order valence-electron chi connectivity index (χ1n) is 11.4. The maximum atomic E-state index is 13.4. The molecule has 1 aromatic rings. The van der Waals surface area contributed by atoms with Crippen LogP contribution in [0.25, 0.3) is 6.08 Å². The molecule has 6 rings (SSSR count). The molecule has 0 radical (unpaired) electrons. The highest BCUT2D eigenvalue weighted by atomic mass is 16.6. The Morgan fingerprint density at radius 1 is 1.15 bits per heavy atom. The lowest BCUT2D eigenvalue weighted by Crippen LogP contribution is -2.63. The Labute approximate surface area is 191 Å². The first kappa shape index (κ1) is 21.6. The van der Waals surface area contributed by atoms with Gasteiger partial charge in [-0.1, -0.05) is 6.07 Å². The highest BCUT2D eigenvalue weighted by molar-refractivity contribution is 6.31. The number of ether oxygens (including phenoxy) is 1. The highest BCUT2D eigenvalue weighted by Gasteiger charge is 2.56. The summed E-state index contributed by atoms with van der Waals surface area (Å²) in [5, 5.41) is 13.7. The number of urea groups is 1. The van der Waals surface area contributed by atoms with E-state index in [0.717, 1.165) is 19.3 Å². The summed E-state index contributed by atoms with van der Waals surface area (Å²) in [5.74, 6) is 0.589. The number of imide groups is 2. The van der Waals surface area contributed by atoms with Gasteiger partial charge in [-0.05, 0) is 86.3 Å². The van der Waals surface area contributed by atoms with Crippen LogP contribution in [0.15, 0.2) is 23.8 Å². The zero-order valence-electron chi connectivity index (χ0n) is 18.7. The number of nitrogens with zero attached hydrogens (tertiary/aromatic N) is 2. The molecule has 4 saturated carbocycles. The summed E-state index contributed by atoms with van der Waals surface area (Å²) in [5.41, 5.74) is -0.277. The molecular weight excluding hydrogens is 426 g/mol. The van der Waals surface area contributed by atoms with Crippen molar-refractivity contribution in [1.82, 2.24) is 10.2 Å². The normalized spacial score (nSPS) is 32.8.